The Kier molecular flexibility index (Phi) is 8.24. The van der Waals surface area contributed by atoms with Gasteiger partial charge in [-0.05, 0) is 69.2 Å². The van der Waals surface area contributed by atoms with E-state index in [1.54, 1.807) is 10.9 Å². The maximum atomic E-state index is 13.1. The molecule has 0 aliphatic carbocycles. The highest BCUT2D eigenvalue weighted by Gasteiger charge is 2.41. The Hall–Kier alpha value is -3.05. The summed E-state index contributed by atoms with van der Waals surface area (Å²) in [5.41, 5.74) is -0.805. The molecular formula is C26H27ClF6N4O. The summed E-state index contributed by atoms with van der Waals surface area (Å²) in [6, 6.07) is 9.47. The lowest BCUT2D eigenvalue weighted by atomic mass is 9.90. The molecule has 12 heteroatoms. The van der Waals surface area contributed by atoms with Gasteiger partial charge in [0.1, 0.15) is 0 Å². The summed E-state index contributed by atoms with van der Waals surface area (Å²) in [6.45, 7) is 5.90. The monoisotopic (exact) mass is 560 g/mol. The van der Waals surface area contributed by atoms with Gasteiger partial charge < -0.3 is 5.32 Å². The number of aromatic nitrogens is 2. The smallest absolute Gasteiger partial charge is 0.325 e. The fraction of sp³-hybridized carbons (Fsp3) is 0.385. The van der Waals surface area contributed by atoms with Crippen molar-refractivity contribution in [3.63, 3.8) is 0 Å². The van der Waals surface area contributed by atoms with Gasteiger partial charge in [-0.15, -0.1) is 12.4 Å². The van der Waals surface area contributed by atoms with Crippen LogP contribution in [0.25, 0.3) is 0 Å². The summed E-state index contributed by atoms with van der Waals surface area (Å²) in [5, 5.41) is 10.3. The summed E-state index contributed by atoms with van der Waals surface area (Å²) < 4.78 is 80.2. The van der Waals surface area contributed by atoms with Gasteiger partial charge in [-0.25, -0.2) is 0 Å². The van der Waals surface area contributed by atoms with E-state index < -0.39 is 41.5 Å². The van der Waals surface area contributed by atoms with Crippen molar-refractivity contribution in [2.45, 2.75) is 63.1 Å². The Morgan fingerprint density at radius 1 is 0.947 bits per heavy atom. The molecule has 1 saturated heterocycles. The van der Waals surface area contributed by atoms with Crippen LogP contribution in [0.3, 0.4) is 0 Å². The van der Waals surface area contributed by atoms with Crippen molar-refractivity contribution in [1.82, 2.24) is 15.1 Å². The molecule has 0 saturated carbocycles. The number of halogens is 7. The van der Waals surface area contributed by atoms with Crippen LogP contribution in [0.5, 0.6) is 0 Å². The van der Waals surface area contributed by atoms with E-state index >= 15 is 0 Å². The van der Waals surface area contributed by atoms with Crippen molar-refractivity contribution in [3.05, 3.63) is 83.2 Å². The third-order valence-corrected chi connectivity index (χ3v) is 6.32. The molecule has 0 radical (unpaired) electrons. The van der Waals surface area contributed by atoms with Crippen molar-refractivity contribution in [3.8, 4) is 0 Å². The number of carbonyl (C=O) groups excluding carboxylic acids is 1. The molecule has 3 aromatic rings. The van der Waals surface area contributed by atoms with Crippen LogP contribution in [-0.4, -0.2) is 21.7 Å². The molecular weight excluding hydrogens is 534 g/mol. The van der Waals surface area contributed by atoms with Gasteiger partial charge in [0.2, 0.25) is 5.91 Å². The zero-order chi connectivity index (χ0) is 27.2. The Morgan fingerprint density at radius 3 is 2.13 bits per heavy atom. The van der Waals surface area contributed by atoms with Crippen LogP contribution < -0.4 is 10.6 Å². The summed E-state index contributed by atoms with van der Waals surface area (Å²) in [4.78, 5) is 13.1. The average Bonchev–Trinajstić information content (AvgIpc) is 3.46. The Bertz CT molecular complexity index is 1260. The molecule has 1 aromatic heterocycles. The number of nitrogens with one attached hydrogen (secondary N) is 2. The fourth-order valence-corrected chi connectivity index (χ4v) is 4.39. The van der Waals surface area contributed by atoms with E-state index in [0.29, 0.717) is 11.3 Å². The van der Waals surface area contributed by atoms with Crippen molar-refractivity contribution in [2.75, 3.05) is 5.32 Å². The van der Waals surface area contributed by atoms with Gasteiger partial charge in [0.05, 0.1) is 28.4 Å². The van der Waals surface area contributed by atoms with Crippen LogP contribution in [0.4, 0.5) is 32.0 Å². The second-order valence-electron chi connectivity index (χ2n) is 10.1. The first-order valence-electron chi connectivity index (χ1n) is 11.6. The van der Waals surface area contributed by atoms with Crippen LogP contribution in [0.1, 0.15) is 61.5 Å². The number of alkyl halides is 6. The number of nitrogens with zero attached hydrogens (tertiary/aromatic N) is 2. The summed E-state index contributed by atoms with van der Waals surface area (Å²) in [5.74, 6) is -0.911. The standard InChI is InChI=1S/C26H26F6N4O.ClH/c1-24(2,3)36-12-11-20(35-36)19-14-21(23(37)33-18-6-4-5-17(13-18)26(30,31)32)34-22(19)15-7-9-16(10-8-15)25(27,28)29;/h4-13,19,21-22,34H,14H2,1-3H3,(H,33,37);1H/t19?,21-,22-;/m0./s1. The molecule has 5 nitrogen and oxygen atoms in total. The molecule has 38 heavy (non-hydrogen) atoms. The Balaban J connectivity index is 0.00000400. The highest BCUT2D eigenvalue weighted by molar-refractivity contribution is 5.95. The molecule has 1 fully saturated rings. The molecule has 1 unspecified atom stereocenters. The predicted octanol–water partition coefficient (Wildman–Crippen LogP) is 6.92. The Morgan fingerprint density at radius 2 is 1.58 bits per heavy atom. The summed E-state index contributed by atoms with van der Waals surface area (Å²) in [6.07, 6.45) is -7.00. The minimum Gasteiger partial charge on any atom is -0.325 e. The van der Waals surface area contributed by atoms with Gasteiger partial charge in [-0.1, -0.05) is 18.2 Å². The predicted molar refractivity (Wildman–Crippen MR) is 133 cm³/mol. The fourth-order valence-electron chi connectivity index (χ4n) is 4.39. The van der Waals surface area contributed by atoms with Gasteiger partial charge in [0, 0.05) is 23.8 Å². The van der Waals surface area contributed by atoms with Crippen LogP contribution >= 0.6 is 12.4 Å². The maximum Gasteiger partial charge on any atom is 0.416 e. The van der Waals surface area contributed by atoms with Gasteiger partial charge >= 0.3 is 12.4 Å². The third-order valence-electron chi connectivity index (χ3n) is 6.32. The average molecular weight is 561 g/mol. The van der Waals surface area contributed by atoms with Crippen LogP contribution in [0.2, 0.25) is 0 Å². The minimum atomic E-state index is -4.56. The molecule has 2 aromatic carbocycles. The van der Waals surface area contributed by atoms with E-state index in [4.69, 9.17) is 0 Å². The molecule has 2 heterocycles. The first kappa shape index (κ1) is 29.5. The minimum absolute atomic E-state index is 0. The molecule has 1 amide bonds. The van der Waals surface area contributed by atoms with Gasteiger partial charge in [-0.2, -0.15) is 31.4 Å². The number of hydrogen-bond acceptors (Lipinski definition) is 3. The van der Waals surface area contributed by atoms with E-state index in [0.717, 1.165) is 24.3 Å². The topological polar surface area (TPSA) is 59.0 Å². The molecule has 4 rings (SSSR count). The van der Waals surface area contributed by atoms with E-state index in [9.17, 15) is 31.1 Å². The largest absolute Gasteiger partial charge is 0.416 e. The van der Waals surface area contributed by atoms with Gasteiger partial charge in [0.15, 0.2) is 0 Å². The lowest BCUT2D eigenvalue weighted by molar-refractivity contribution is -0.138. The number of carbonyl (C=O) groups is 1. The normalized spacial score (nSPS) is 20.2. The number of hydrogen-bond donors (Lipinski definition) is 2. The summed E-state index contributed by atoms with van der Waals surface area (Å²) in [7, 11) is 0. The SMILES string of the molecule is CC(C)(C)n1ccc(C2C[C@@H](C(=O)Nc3cccc(C(F)(F)F)c3)N[C@H]2c2ccc(C(F)(F)F)cc2)n1.Cl. The van der Waals surface area contributed by atoms with E-state index in [1.807, 2.05) is 26.8 Å². The highest BCUT2D eigenvalue weighted by Crippen LogP contribution is 2.41. The van der Waals surface area contributed by atoms with Gasteiger partial charge in [0.25, 0.3) is 0 Å². The molecule has 2 N–H and O–H groups in total. The lowest BCUT2D eigenvalue weighted by Gasteiger charge is -2.21. The van der Waals surface area contributed by atoms with E-state index in [2.05, 4.69) is 15.7 Å². The third kappa shape index (κ3) is 6.50. The van der Waals surface area contributed by atoms with Crippen molar-refractivity contribution < 1.29 is 31.1 Å². The highest BCUT2D eigenvalue weighted by atomic mass is 35.5. The number of anilines is 1. The zero-order valence-electron chi connectivity index (χ0n) is 20.7. The summed E-state index contributed by atoms with van der Waals surface area (Å²) >= 11 is 0. The maximum absolute atomic E-state index is 13.1. The number of benzene rings is 2. The lowest BCUT2D eigenvalue weighted by Crippen LogP contribution is -2.36. The molecule has 3 atom stereocenters. The van der Waals surface area contributed by atoms with Crippen molar-refractivity contribution in [1.29, 1.82) is 0 Å². The first-order chi connectivity index (χ1) is 17.1. The van der Waals surface area contributed by atoms with E-state index in [-0.39, 0.29) is 36.0 Å². The van der Waals surface area contributed by atoms with Crippen molar-refractivity contribution >= 4 is 24.0 Å². The van der Waals surface area contributed by atoms with Crippen LogP contribution in [0.15, 0.2) is 60.8 Å². The molecule has 206 valence electrons. The Labute approximate surface area is 222 Å². The molecule has 0 spiro atoms. The quantitative estimate of drug-likeness (QED) is 0.340. The molecule has 0 bridgehead atoms. The molecule has 1 aliphatic rings. The number of amides is 1. The van der Waals surface area contributed by atoms with Crippen LogP contribution in [-0.2, 0) is 22.7 Å². The number of rotatable bonds is 4. The second-order valence-corrected chi connectivity index (χ2v) is 10.1. The van der Waals surface area contributed by atoms with Crippen molar-refractivity contribution in [2.24, 2.45) is 0 Å². The van der Waals surface area contributed by atoms with Gasteiger partial charge in [-0.3, -0.25) is 14.8 Å². The van der Waals surface area contributed by atoms with E-state index in [1.165, 1.54) is 24.3 Å². The first-order valence-corrected chi connectivity index (χ1v) is 11.6. The zero-order valence-corrected chi connectivity index (χ0v) is 21.5. The molecule has 1 aliphatic heterocycles. The van der Waals surface area contributed by atoms with Crippen LogP contribution in [0, 0.1) is 0 Å². The second kappa shape index (κ2) is 10.6.